The summed E-state index contributed by atoms with van der Waals surface area (Å²) in [4.78, 5) is 31.1. The van der Waals surface area contributed by atoms with Crippen LogP contribution in [0.15, 0.2) is 70.4 Å². The van der Waals surface area contributed by atoms with E-state index >= 15 is 0 Å². The topological polar surface area (TPSA) is 66.2 Å². The van der Waals surface area contributed by atoms with Gasteiger partial charge in [0, 0.05) is 24.5 Å². The van der Waals surface area contributed by atoms with Crippen LogP contribution >= 0.6 is 0 Å². The second-order valence-electron chi connectivity index (χ2n) is 8.01. The van der Waals surface area contributed by atoms with Crippen LogP contribution < -0.4 is 11.2 Å². The molecule has 1 atom stereocenters. The molecular weight excluding hydrogens is 409 g/mol. The summed E-state index contributed by atoms with van der Waals surface area (Å²) in [7, 11) is 1.58. The number of benzene rings is 2. The van der Waals surface area contributed by atoms with Gasteiger partial charge in [-0.3, -0.25) is 18.3 Å². The highest BCUT2D eigenvalue weighted by Crippen LogP contribution is 2.25. The van der Waals surface area contributed by atoms with Gasteiger partial charge >= 0.3 is 5.69 Å². The average Bonchev–Trinajstić information content (AvgIpc) is 3.31. The van der Waals surface area contributed by atoms with Gasteiger partial charge in [-0.05, 0) is 25.5 Å². The molecule has 0 unspecified atom stereocenters. The monoisotopic (exact) mass is 431 g/mol. The number of hydrogen-bond acceptors (Lipinski definition) is 3. The van der Waals surface area contributed by atoms with E-state index in [1.54, 1.807) is 29.6 Å². The lowest BCUT2D eigenvalue weighted by molar-refractivity contribution is 0.582. The summed E-state index contributed by atoms with van der Waals surface area (Å²) in [6, 6.07) is 16.1. The smallest absolute Gasteiger partial charge is 0.307 e. The first-order chi connectivity index (χ1) is 15.4. The van der Waals surface area contributed by atoms with Gasteiger partial charge in [-0.15, -0.1) is 0 Å². The number of imidazole rings is 2. The number of fused-ring (bicyclic) bond motifs is 3. The van der Waals surface area contributed by atoms with Gasteiger partial charge in [-0.1, -0.05) is 48.5 Å². The van der Waals surface area contributed by atoms with Crippen LogP contribution in [0, 0.1) is 12.7 Å². The molecule has 0 N–H and O–H groups in total. The Kier molecular flexibility index (Phi) is 4.58. The summed E-state index contributed by atoms with van der Waals surface area (Å²) in [6.07, 6.45) is 1.85. The molecular formula is C24H22FN5O2. The molecule has 0 aliphatic carbocycles. The first-order valence-electron chi connectivity index (χ1n) is 10.4. The van der Waals surface area contributed by atoms with Gasteiger partial charge in [0.2, 0.25) is 5.78 Å². The highest BCUT2D eigenvalue weighted by Gasteiger charge is 2.22. The van der Waals surface area contributed by atoms with E-state index in [1.807, 2.05) is 48.0 Å². The quantitative estimate of drug-likeness (QED) is 0.439. The van der Waals surface area contributed by atoms with Crippen LogP contribution in [0.1, 0.15) is 29.8 Å². The number of aromatic nitrogens is 5. The molecule has 0 aliphatic heterocycles. The molecule has 32 heavy (non-hydrogen) atoms. The SMILES string of the molecule is Cc1cn2c3c(=O)n(Cc4ccccc4F)c(=O)n(C)c3nc2n1[C@@H](C)c1ccccc1. The van der Waals surface area contributed by atoms with E-state index in [0.717, 1.165) is 15.8 Å². The zero-order chi connectivity index (χ0) is 22.6. The molecule has 3 heterocycles. The minimum Gasteiger partial charge on any atom is -0.307 e. The third kappa shape index (κ3) is 2.90. The van der Waals surface area contributed by atoms with E-state index in [9.17, 15) is 14.0 Å². The second kappa shape index (κ2) is 7.33. The minimum absolute atomic E-state index is 0.0248. The van der Waals surface area contributed by atoms with E-state index in [4.69, 9.17) is 0 Å². The van der Waals surface area contributed by atoms with Crippen molar-refractivity contribution in [3.8, 4) is 0 Å². The highest BCUT2D eigenvalue weighted by atomic mass is 19.1. The molecule has 162 valence electrons. The number of hydrogen-bond donors (Lipinski definition) is 0. The molecule has 3 aromatic heterocycles. The molecule has 0 aliphatic rings. The average molecular weight is 431 g/mol. The molecule has 0 radical (unpaired) electrons. The minimum atomic E-state index is -0.536. The Morgan fingerprint density at radius 3 is 2.44 bits per heavy atom. The van der Waals surface area contributed by atoms with Crippen molar-refractivity contribution >= 4 is 16.9 Å². The van der Waals surface area contributed by atoms with Crippen LogP contribution in [0.4, 0.5) is 4.39 Å². The Morgan fingerprint density at radius 1 is 1.03 bits per heavy atom. The van der Waals surface area contributed by atoms with E-state index in [0.29, 0.717) is 16.9 Å². The molecule has 0 saturated carbocycles. The van der Waals surface area contributed by atoms with Crippen LogP contribution in [0.3, 0.4) is 0 Å². The Morgan fingerprint density at radius 2 is 1.72 bits per heavy atom. The van der Waals surface area contributed by atoms with Crippen LogP contribution in [-0.4, -0.2) is 23.1 Å². The fourth-order valence-corrected chi connectivity index (χ4v) is 4.32. The van der Waals surface area contributed by atoms with E-state index in [2.05, 4.69) is 11.9 Å². The maximum Gasteiger partial charge on any atom is 0.332 e. The zero-order valence-electron chi connectivity index (χ0n) is 18.0. The van der Waals surface area contributed by atoms with Gasteiger partial charge in [-0.2, -0.15) is 4.98 Å². The van der Waals surface area contributed by atoms with Gasteiger partial charge in [-0.25, -0.2) is 9.18 Å². The predicted octanol–water partition coefficient (Wildman–Crippen LogP) is 3.25. The first-order valence-corrected chi connectivity index (χ1v) is 10.4. The van der Waals surface area contributed by atoms with E-state index in [1.165, 1.54) is 10.6 Å². The number of aryl methyl sites for hydroxylation is 2. The maximum absolute atomic E-state index is 14.2. The molecule has 2 aromatic carbocycles. The third-order valence-corrected chi connectivity index (χ3v) is 6.02. The van der Waals surface area contributed by atoms with Crippen molar-refractivity contribution in [1.29, 1.82) is 0 Å². The Hall–Kier alpha value is -3.94. The summed E-state index contributed by atoms with van der Waals surface area (Å²) in [6.45, 7) is 3.87. The largest absolute Gasteiger partial charge is 0.332 e. The standard InChI is InChI=1S/C24H22FN5O2/c1-15-13-28-20-21(26-23(28)30(15)16(2)17-9-5-4-6-10-17)27(3)24(32)29(22(20)31)14-18-11-7-8-12-19(18)25/h4-13,16H,14H2,1-3H3/t16-/m0/s1. The fourth-order valence-electron chi connectivity index (χ4n) is 4.32. The predicted molar refractivity (Wildman–Crippen MR) is 121 cm³/mol. The number of nitrogens with zero attached hydrogens (tertiary/aromatic N) is 5. The molecule has 7 nitrogen and oxygen atoms in total. The number of rotatable bonds is 4. The first kappa shape index (κ1) is 20.0. The third-order valence-electron chi connectivity index (χ3n) is 6.02. The van der Waals surface area contributed by atoms with Crippen molar-refractivity contribution in [2.75, 3.05) is 0 Å². The summed E-state index contributed by atoms with van der Waals surface area (Å²) < 4.78 is 20.4. The Balaban J connectivity index is 1.76. The summed E-state index contributed by atoms with van der Waals surface area (Å²) >= 11 is 0. The zero-order valence-corrected chi connectivity index (χ0v) is 18.0. The van der Waals surface area contributed by atoms with Crippen molar-refractivity contribution in [2.45, 2.75) is 26.4 Å². The molecule has 0 saturated heterocycles. The van der Waals surface area contributed by atoms with Gasteiger partial charge < -0.3 is 4.57 Å². The summed E-state index contributed by atoms with van der Waals surface area (Å²) in [5, 5.41) is 0. The van der Waals surface area contributed by atoms with Crippen molar-refractivity contribution < 1.29 is 4.39 Å². The van der Waals surface area contributed by atoms with Gasteiger partial charge in [0.1, 0.15) is 5.82 Å². The summed E-state index contributed by atoms with van der Waals surface area (Å²) in [5.41, 5.74) is 1.87. The van der Waals surface area contributed by atoms with Crippen molar-refractivity contribution in [3.63, 3.8) is 0 Å². The molecule has 5 rings (SSSR count). The lowest BCUT2D eigenvalue weighted by Crippen LogP contribution is -2.39. The Bertz CT molecular complexity index is 1590. The van der Waals surface area contributed by atoms with Crippen LogP contribution in [0.5, 0.6) is 0 Å². The fraction of sp³-hybridized carbons (Fsp3) is 0.208. The van der Waals surface area contributed by atoms with Crippen molar-refractivity contribution in [2.24, 2.45) is 7.05 Å². The maximum atomic E-state index is 14.2. The lowest BCUT2D eigenvalue weighted by atomic mass is 10.1. The molecule has 0 amide bonds. The second-order valence-corrected chi connectivity index (χ2v) is 8.01. The Labute approximate surface area is 182 Å². The molecule has 5 aromatic rings. The lowest BCUT2D eigenvalue weighted by Gasteiger charge is -2.16. The van der Waals surface area contributed by atoms with E-state index < -0.39 is 17.1 Å². The van der Waals surface area contributed by atoms with Crippen LogP contribution in [-0.2, 0) is 13.6 Å². The van der Waals surface area contributed by atoms with E-state index in [-0.39, 0.29) is 18.2 Å². The van der Waals surface area contributed by atoms with Gasteiger partial charge in [0.05, 0.1) is 12.6 Å². The summed E-state index contributed by atoms with van der Waals surface area (Å²) in [5.74, 6) is 0.114. The number of halogens is 1. The van der Waals surface area contributed by atoms with Crippen LogP contribution in [0.2, 0.25) is 0 Å². The van der Waals surface area contributed by atoms with Crippen molar-refractivity contribution in [1.82, 2.24) is 23.1 Å². The normalized spacial score (nSPS) is 12.6. The highest BCUT2D eigenvalue weighted by molar-refractivity contribution is 5.75. The molecule has 0 fully saturated rings. The van der Waals surface area contributed by atoms with Gasteiger partial charge in [0.15, 0.2) is 11.2 Å². The molecule has 0 bridgehead atoms. The van der Waals surface area contributed by atoms with Gasteiger partial charge in [0.25, 0.3) is 5.56 Å². The molecule has 8 heteroatoms. The van der Waals surface area contributed by atoms with Crippen LogP contribution in [0.25, 0.3) is 16.9 Å². The molecule has 0 spiro atoms. The van der Waals surface area contributed by atoms with Crippen molar-refractivity contribution in [3.05, 3.63) is 104 Å².